The summed E-state index contributed by atoms with van der Waals surface area (Å²) in [4.78, 5) is 7.49. The van der Waals surface area contributed by atoms with Crippen LogP contribution in [-0.2, 0) is 0 Å². The second kappa shape index (κ2) is 10.4. The van der Waals surface area contributed by atoms with Crippen molar-refractivity contribution in [1.29, 1.82) is 0 Å². The topological polar surface area (TPSA) is 9.72 Å². The zero-order chi connectivity index (χ0) is 33.9. The van der Waals surface area contributed by atoms with Gasteiger partial charge in [-0.05, 0) is 122 Å². The van der Waals surface area contributed by atoms with Crippen LogP contribution in [0.15, 0.2) is 182 Å². The van der Waals surface area contributed by atoms with E-state index < -0.39 is 0 Å². The second-order valence-electron chi connectivity index (χ2n) is 14.1. The van der Waals surface area contributed by atoms with Crippen molar-refractivity contribution in [3.8, 4) is 0 Å². The molecule has 0 aromatic heterocycles. The van der Waals surface area contributed by atoms with E-state index in [9.17, 15) is 0 Å². The molecular weight excluding hydrogens is 629 g/mol. The van der Waals surface area contributed by atoms with Crippen molar-refractivity contribution in [2.45, 2.75) is 0 Å². The first-order chi connectivity index (χ1) is 25.8. The monoisotopic (exact) mass is 659 g/mol. The summed E-state index contributed by atoms with van der Waals surface area (Å²) in [6.07, 6.45) is 0. The molecule has 3 heterocycles. The number of hydrogen-bond acceptors (Lipinski definition) is 3. The third-order valence-electron chi connectivity index (χ3n) is 11.5. The maximum atomic E-state index is 2.53. The van der Waals surface area contributed by atoms with E-state index in [2.05, 4.69) is 197 Å². The highest BCUT2D eigenvalue weighted by atomic mass is 15.2. The molecular formula is C48H30BN3. The van der Waals surface area contributed by atoms with Crippen LogP contribution in [0.25, 0.3) is 32.3 Å². The first-order valence-electron chi connectivity index (χ1n) is 18.1. The normalized spacial score (nSPS) is 13.6. The molecule has 3 nitrogen and oxygen atoms in total. The van der Waals surface area contributed by atoms with Crippen LogP contribution in [-0.4, -0.2) is 6.71 Å². The average molecular weight is 660 g/mol. The Morgan fingerprint density at radius 3 is 0.981 bits per heavy atom. The molecule has 3 aliphatic rings. The van der Waals surface area contributed by atoms with Crippen molar-refractivity contribution in [3.63, 3.8) is 0 Å². The molecule has 52 heavy (non-hydrogen) atoms. The summed E-state index contributed by atoms with van der Waals surface area (Å²) in [7, 11) is 0. The molecule has 12 rings (SSSR count). The van der Waals surface area contributed by atoms with Crippen LogP contribution < -0.4 is 31.1 Å². The summed E-state index contributed by atoms with van der Waals surface area (Å²) in [5.41, 5.74) is 14.9. The molecule has 4 heteroatoms. The molecule has 0 saturated carbocycles. The van der Waals surface area contributed by atoms with E-state index in [1.165, 1.54) is 82.8 Å². The van der Waals surface area contributed by atoms with Crippen molar-refractivity contribution in [2.75, 3.05) is 14.7 Å². The number of rotatable bonds is 3. The van der Waals surface area contributed by atoms with Gasteiger partial charge in [0.15, 0.2) is 0 Å². The predicted octanol–water partition coefficient (Wildman–Crippen LogP) is 11.0. The second-order valence-corrected chi connectivity index (χ2v) is 14.1. The molecule has 0 N–H and O–H groups in total. The minimum atomic E-state index is 0.0880. The highest BCUT2D eigenvalue weighted by molar-refractivity contribution is 7.02. The lowest BCUT2D eigenvalue weighted by atomic mass is 9.32. The number of nitrogens with zero attached hydrogens (tertiary/aromatic N) is 3. The summed E-state index contributed by atoms with van der Waals surface area (Å²) in [6.45, 7) is 0.0880. The summed E-state index contributed by atoms with van der Waals surface area (Å²) >= 11 is 0. The number of hydrogen-bond donors (Lipinski definition) is 0. The Balaban J connectivity index is 1.20. The Labute approximate surface area is 302 Å². The van der Waals surface area contributed by atoms with Crippen molar-refractivity contribution >= 4 is 107 Å². The van der Waals surface area contributed by atoms with Crippen LogP contribution in [0, 0.1) is 0 Å². The zero-order valence-electron chi connectivity index (χ0n) is 28.2. The van der Waals surface area contributed by atoms with Crippen molar-refractivity contribution < 1.29 is 0 Å². The van der Waals surface area contributed by atoms with E-state index >= 15 is 0 Å². The van der Waals surface area contributed by atoms with Gasteiger partial charge in [0, 0.05) is 51.2 Å². The van der Waals surface area contributed by atoms with Gasteiger partial charge in [-0.1, -0.05) is 109 Å². The molecule has 0 amide bonds. The molecule has 9 aromatic carbocycles. The van der Waals surface area contributed by atoms with Gasteiger partial charge in [-0.3, -0.25) is 0 Å². The number of anilines is 9. The average Bonchev–Trinajstić information content (AvgIpc) is 3.22. The molecule has 0 unspecified atom stereocenters. The largest absolute Gasteiger partial charge is 0.311 e. The number of benzene rings is 9. The van der Waals surface area contributed by atoms with Crippen LogP contribution in [0.3, 0.4) is 0 Å². The van der Waals surface area contributed by atoms with Gasteiger partial charge in [0.1, 0.15) is 0 Å². The SMILES string of the molecule is c1ccc(N2c3cccc4c3B3c5c2cccc5N(c2ccc5c6ccccc6c6ccccc6c5c2)c2cccc(c23)N4c2ccccc2)cc1. The summed E-state index contributed by atoms with van der Waals surface area (Å²) < 4.78 is 0. The van der Waals surface area contributed by atoms with Gasteiger partial charge >= 0.3 is 0 Å². The van der Waals surface area contributed by atoms with Crippen LogP contribution in [0.1, 0.15) is 0 Å². The Kier molecular flexibility index (Phi) is 5.58. The van der Waals surface area contributed by atoms with E-state index in [1.807, 2.05) is 0 Å². The van der Waals surface area contributed by atoms with Crippen molar-refractivity contribution in [2.24, 2.45) is 0 Å². The van der Waals surface area contributed by atoms with Crippen molar-refractivity contribution in [1.82, 2.24) is 0 Å². The van der Waals surface area contributed by atoms with Crippen LogP contribution in [0.5, 0.6) is 0 Å². The summed E-state index contributed by atoms with van der Waals surface area (Å²) in [5.74, 6) is 0. The molecule has 240 valence electrons. The van der Waals surface area contributed by atoms with Crippen molar-refractivity contribution in [3.05, 3.63) is 182 Å². The molecule has 0 bridgehead atoms. The van der Waals surface area contributed by atoms with Gasteiger partial charge in [-0.25, -0.2) is 0 Å². The minimum absolute atomic E-state index is 0.0880. The molecule has 3 aliphatic heterocycles. The quantitative estimate of drug-likeness (QED) is 0.138. The fourth-order valence-corrected chi connectivity index (χ4v) is 9.53. The lowest BCUT2D eigenvalue weighted by molar-refractivity contribution is 1.22. The van der Waals surface area contributed by atoms with Gasteiger partial charge in [-0.15, -0.1) is 0 Å². The maximum Gasteiger partial charge on any atom is 0.257 e. The van der Waals surface area contributed by atoms with Crippen LogP contribution >= 0.6 is 0 Å². The first kappa shape index (κ1) is 28.0. The Morgan fingerprint density at radius 1 is 0.250 bits per heavy atom. The maximum absolute atomic E-state index is 2.53. The van der Waals surface area contributed by atoms with E-state index in [0.29, 0.717) is 0 Å². The third-order valence-corrected chi connectivity index (χ3v) is 11.5. The van der Waals surface area contributed by atoms with E-state index in [-0.39, 0.29) is 6.71 Å². The third kappa shape index (κ3) is 3.60. The molecule has 0 radical (unpaired) electrons. The van der Waals surface area contributed by atoms with E-state index in [0.717, 1.165) is 17.1 Å². The van der Waals surface area contributed by atoms with Gasteiger partial charge in [0.05, 0.1) is 0 Å². The van der Waals surface area contributed by atoms with Gasteiger partial charge in [-0.2, -0.15) is 0 Å². The smallest absolute Gasteiger partial charge is 0.257 e. The van der Waals surface area contributed by atoms with Gasteiger partial charge in [0.25, 0.3) is 6.71 Å². The lowest BCUT2D eigenvalue weighted by Crippen LogP contribution is -2.64. The fraction of sp³-hybridized carbons (Fsp3) is 0. The number of fused-ring (bicyclic) bond motifs is 6. The first-order valence-corrected chi connectivity index (χ1v) is 18.1. The molecule has 0 atom stereocenters. The predicted molar refractivity (Wildman–Crippen MR) is 221 cm³/mol. The minimum Gasteiger partial charge on any atom is -0.311 e. The highest BCUT2D eigenvalue weighted by Gasteiger charge is 2.49. The highest BCUT2D eigenvalue weighted by Crippen LogP contribution is 2.50. The standard InChI is InChI=1S/C48H30BN3/c1-3-14-31(15-4-1)50-40-22-11-23-41-46(40)49-47-42(50)24-12-26-44(47)52(45-27-13-25-43(48(45)49)51(41)32-16-5-2-6-17-32)33-28-29-38-36-20-8-7-18-34(36)35-19-9-10-21-37(35)39(38)30-33/h1-30H. The number of para-hydroxylation sites is 2. The van der Waals surface area contributed by atoms with E-state index in [1.54, 1.807) is 0 Å². The van der Waals surface area contributed by atoms with Crippen LogP contribution in [0.2, 0.25) is 0 Å². The zero-order valence-corrected chi connectivity index (χ0v) is 28.2. The molecule has 0 saturated heterocycles. The summed E-state index contributed by atoms with van der Waals surface area (Å²) in [5, 5.41) is 7.70. The molecule has 0 spiro atoms. The van der Waals surface area contributed by atoms with Crippen LogP contribution in [0.4, 0.5) is 51.2 Å². The van der Waals surface area contributed by atoms with Gasteiger partial charge in [0.2, 0.25) is 0 Å². The molecule has 9 aromatic rings. The Morgan fingerprint density at radius 2 is 0.577 bits per heavy atom. The molecule has 0 aliphatic carbocycles. The lowest BCUT2D eigenvalue weighted by Gasteiger charge is -2.49. The molecule has 0 fully saturated rings. The fourth-order valence-electron chi connectivity index (χ4n) is 9.53. The van der Waals surface area contributed by atoms with Gasteiger partial charge < -0.3 is 14.7 Å². The Hall–Kier alpha value is -6.78. The van der Waals surface area contributed by atoms with E-state index in [4.69, 9.17) is 0 Å². The summed E-state index contributed by atoms with van der Waals surface area (Å²) in [6, 6.07) is 67.1. The Bertz CT molecular complexity index is 2790.